The van der Waals surface area contributed by atoms with Crippen molar-refractivity contribution < 1.29 is 13.2 Å². The maximum Gasteiger partial charge on any atom is 0.243 e. The molecule has 0 aliphatic carbocycles. The molecule has 168 valence electrons. The van der Waals surface area contributed by atoms with Gasteiger partial charge in [-0.05, 0) is 31.2 Å². The van der Waals surface area contributed by atoms with Crippen LogP contribution >= 0.6 is 11.8 Å². The number of carbonyl (C=O) groups is 1. The largest absolute Gasteiger partial charge is 0.339 e. The zero-order valence-corrected chi connectivity index (χ0v) is 19.6. The van der Waals surface area contributed by atoms with E-state index in [0.717, 1.165) is 16.2 Å². The highest BCUT2D eigenvalue weighted by molar-refractivity contribution is 8.00. The molecule has 0 radical (unpaired) electrons. The second-order valence-electron chi connectivity index (χ2n) is 7.58. The summed E-state index contributed by atoms with van der Waals surface area (Å²) in [5.74, 6) is -0.0102. The minimum Gasteiger partial charge on any atom is -0.339 e. The summed E-state index contributed by atoms with van der Waals surface area (Å²) in [4.78, 5) is 19.8. The Morgan fingerprint density at radius 1 is 1.09 bits per heavy atom. The van der Waals surface area contributed by atoms with Gasteiger partial charge in [0.2, 0.25) is 15.9 Å². The molecular formula is C23H26N4O3S2. The number of rotatable bonds is 7. The van der Waals surface area contributed by atoms with Gasteiger partial charge in [-0.15, -0.1) is 6.58 Å². The number of amides is 1. The van der Waals surface area contributed by atoms with Crippen LogP contribution in [0.25, 0.3) is 11.0 Å². The Hall–Kier alpha value is -2.62. The van der Waals surface area contributed by atoms with Gasteiger partial charge in [-0.25, -0.2) is 13.4 Å². The number of carbonyl (C=O) groups excluding carboxylic acids is 1. The van der Waals surface area contributed by atoms with Gasteiger partial charge in [0.25, 0.3) is 0 Å². The maximum absolute atomic E-state index is 13.1. The summed E-state index contributed by atoms with van der Waals surface area (Å²) in [6, 6.07) is 16.3. The first-order chi connectivity index (χ1) is 15.4. The number of fused-ring (bicyclic) bond motifs is 1. The summed E-state index contributed by atoms with van der Waals surface area (Å²) in [5.41, 5.74) is 1.89. The number of nitrogens with zero attached hydrogens (tertiary/aromatic N) is 4. The Morgan fingerprint density at radius 2 is 1.75 bits per heavy atom. The molecule has 3 aromatic rings. The first kappa shape index (κ1) is 22.6. The maximum atomic E-state index is 13.1. The Balaban J connectivity index is 1.42. The fourth-order valence-corrected chi connectivity index (χ4v) is 6.27. The number of hydrogen-bond acceptors (Lipinski definition) is 5. The lowest BCUT2D eigenvalue weighted by molar-refractivity contribution is -0.131. The van der Waals surface area contributed by atoms with Gasteiger partial charge in [0, 0.05) is 32.7 Å². The van der Waals surface area contributed by atoms with Crippen molar-refractivity contribution in [3.63, 3.8) is 0 Å². The molecule has 1 fully saturated rings. The van der Waals surface area contributed by atoms with Gasteiger partial charge in [-0.2, -0.15) is 4.31 Å². The van der Waals surface area contributed by atoms with Gasteiger partial charge in [0.1, 0.15) is 0 Å². The highest BCUT2D eigenvalue weighted by atomic mass is 32.2. The van der Waals surface area contributed by atoms with E-state index in [-0.39, 0.29) is 29.1 Å². The topological polar surface area (TPSA) is 75.5 Å². The van der Waals surface area contributed by atoms with E-state index in [4.69, 9.17) is 4.98 Å². The number of hydrogen-bond donors (Lipinski definition) is 0. The van der Waals surface area contributed by atoms with Crippen LogP contribution in [0.5, 0.6) is 0 Å². The number of imidazole rings is 1. The van der Waals surface area contributed by atoms with E-state index in [1.807, 2.05) is 37.3 Å². The third kappa shape index (κ3) is 4.46. The highest BCUT2D eigenvalue weighted by Gasteiger charge is 2.32. The van der Waals surface area contributed by atoms with Crippen LogP contribution in [0.15, 0.2) is 77.3 Å². The summed E-state index contributed by atoms with van der Waals surface area (Å²) in [7, 11) is -3.54. The van der Waals surface area contributed by atoms with E-state index >= 15 is 0 Å². The number of allylic oxidation sites excluding steroid dienone is 1. The molecule has 1 aliphatic rings. The van der Waals surface area contributed by atoms with Crippen LogP contribution in [-0.4, -0.2) is 64.5 Å². The zero-order valence-electron chi connectivity index (χ0n) is 17.9. The third-order valence-electron chi connectivity index (χ3n) is 5.49. The van der Waals surface area contributed by atoms with Crippen molar-refractivity contribution >= 4 is 38.7 Å². The molecule has 1 amide bonds. The van der Waals surface area contributed by atoms with Crippen LogP contribution in [0.4, 0.5) is 0 Å². The van der Waals surface area contributed by atoms with Gasteiger partial charge in [0.15, 0.2) is 5.16 Å². The molecule has 0 saturated carbocycles. The molecule has 4 rings (SSSR count). The number of piperazine rings is 1. The molecule has 1 saturated heterocycles. The fraction of sp³-hybridized carbons (Fsp3) is 0.304. The number of aromatic nitrogens is 2. The lowest BCUT2D eigenvalue weighted by atomic mass is 10.3. The Bertz CT molecular complexity index is 1220. The highest BCUT2D eigenvalue weighted by Crippen LogP contribution is 2.28. The van der Waals surface area contributed by atoms with Gasteiger partial charge < -0.3 is 9.47 Å². The number of para-hydroxylation sites is 2. The van der Waals surface area contributed by atoms with Crippen LogP contribution in [-0.2, 0) is 21.4 Å². The fourth-order valence-electron chi connectivity index (χ4n) is 3.80. The van der Waals surface area contributed by atoms with Crippen molar-refractivity contribution in [2.45, 2.75) is 28.8 Å². The molecule has 0 bridgehead atoms. The molecule has 2 aromatic carbocycles. The third-order valence-corrected chi connectivity index (χ3v) is 8.48. The Labute approximate surface area is 192 Å². The monoisotopic (exact) mass is 470 g/mol. The first-order valence-corrected chi connectivity index (χ1v) is 12.8. The minimum absolute atomic E-state index is 0.0102. The second kappa shape index (κ2) is 9.48. The first-order valence-electron chi connectivity index (χ1n) is 10.5. The average Bonchev–Trinajstić information content (AvgIpc) is 3.16. The lowest BCUT2D eigenvalue weighted by Gasteiger charge is -2.35. The summed E-state index contributed by atoms with van der Waals surface area (Å²) >= 11 is 1.42. The van der Waals surface area contributed by atoms with Crippen LogP contribution in [0, 0.1) is 0 Å². The van der Waals surface area contributed by atoms with E-state index < -0.39 is 10.0 Å². The summed E-state index contributed by atoms with van der Waals surface area (Å²) in [5, 5.41) is 0.435. The van der Waals surface area contributed by atoms with Crippen molar-refractivity contribution in [2.24, 2.45) is 0 Å². The molecule has 0 unspecified atom stereocenters. The van der Waals surface area contributed by atoms with Crippen LogP contribution < -0.4 is 0 Å². The molecule has 1 atom stereocenters. The Morgan fingerprint density at radius 3 is 2.44 bits per heavy atom. The van der Waals surface area contributed by atoms with Gasteiger partial charge >= 0.3 is 0 Å². The van der Waals surface area contributed by atoms with E-state index in [1.54, 1.807) is 35.2 Å². The summed E-state index contributed by atoms with van der Waals surface area (Å²) < 4.78 is 29.2. The molecule has 7 nitrogen and oxygen atoms in total. The van der Waals surface area contributed by atoms with Gasteiger partial charge in [-0.3, -0.25) is 4.79 Å². The predicted octanol–water partition coefficient (Wildman–Crippen LogP) is 3.24. The molecule has 2 heterocycles. The Kier molecular flexibility index (Phi) is 6.68. The minimum atomic E-state index is -3.54. The van der Waals surface area contributed by atoms with Gasteiger partial charge in [0.05, 0.1) is 21.2 Å². The smallest absolute Gasteiger partial charge is 0.243 e. The molecule has 1 aliphatic heterocycles. The van der Waals surface area contributed by atoms with Crippen molar-refractivity contribution in [2.75, 3.05) is 26.2 Å². The summed E-state index contributed by atoms with van der Waals surface area (Å²) in [6.07, 6.45) is 1.82. The van der Waals surface area contributed by atoms with Crippen molar-refractivity contribution in [3.05, 3.63) is 67.3 Å². The predicted molar refractivity (Wildman–Crippen MR) is 127 cm³/mol. The quantitative estimate of drug-likeness (QED) is 0.391. The number of thioether (sulfide) groups is 1. The number of benzene rings is 2. The van der Waals surface area contributed by atoms with Gasteiger partial charge in [-0.1, -0.05) is 48.2 Å². The van der Waals surface area contributed by atoms with Crippen molar-refractivity contribution in [1.29, 1.82) is 0 Å². The summed E-state index contributed by atoms with van der Waals surface area (Å²) in [6.45, 7) is 7.64. The number of sulfonamides is 1. The van der Waals surface area contributed by atoms with Crippen molar-refractivity contribution in [1.82, 2.24) is 18.8 Å². The molecule has 32 heavy (non-hydrogen) atoms. The van der Waals surface area contributed by atoms with E-state index in [0.29, 0.717) is 19.6 Å². The normalized spacial score (nSPS) is 16.2. The molecular weight excluding hydrogens is 444 g/mol. The van der Waals surface area contributed by atoms with Crippen LogP contribution in [0.3, 0.4) is 0 Å². The van der Waals surface area contributed by atoms with Crippen LogP contribution in [0.2, 0.25) is 0 Å². The SMILES string of the molecule is C=CCn1c(S[C@@H](C)C(=O)N2CCN(S(=O)(=O)c3ccccc3)CC2)nc2ccccc21. The molecule has 0 N–H and O–H groups in total. The second-order valence-corrected chi connectivity index (χ2v) is 10.8. The standard InChI is InChI=1S/C23H26N4O3S2/c1-3-13-27-21-12-8-7-11-20(21)24-23(27)31-18(2)22(28)25-14-16-26(17-15-25)32(29,30)19-9-5-4-6-10-19/h3-12,18H,1,13-17H2,2H3/t18-/m0/s1. The van der Waals surface area contributed by atoms with E-state index in [2.05, 4.69) is 11.1 Å². The van der Waals surface area contributed by atoms with E-state index in [1.165, 1.54) is 16.1 Å². The molecule has 0 spiro atoms. The van der Waals surface area contributed by atoms with E-state index in [9.17, 15) is 13.2 Å². The molecule has 1 aromatic heterocycles. The average molecular weight is 471 g/mol. The lowest BCUT2D eigenvalue weighted by Crippen LogP contribution is -2.52. The van der Waals surface area contributed by atoms with Crippen molar-refractivity contribution in [3.8, 4) is 0 Å². The molecule has 9 heteroatoms. The zero-order chi connectivity index (χ0) is 22.7. The van der Waals surface area contributed by atoms with Crippen LogP contribution in [0.1, 0.15) is 6.92 Å².